The van der Waals surface area contributed by atoms with E-state index in [1.165, 1.54) is 32.7 Å². The van der Waals surface area contributed by atoms with Crippen molar-refractivity contribution in [1.29, 1.82) is 0 Å². The second kappa shape index (κ2) is 8.44. The van der Waals surface area contributed by atoms with Crippen LogP contribution in [0.2, 0.25) is 0 Å². The Bertz CT molecular complexity index is 1870. The number of benzene rings is 5. The summed E-state index contributed by atoms with van der Waals surface area (Å²) in [6.07, 6.45) is 3.88. The zero-order valence-corrected chi connectivity index (χ0v) is 19.6. The molecule has 168 valence electrons. The van der Waals surface area contributed by atoms with Gasteiger partial charge in [-0.1, -0.05) is 109 Å². The van der Waals surface area contributed by atoms with Crippen molar-refractivity contribution in [3.8, 4) is 33.5 Å². The molecule has 0 spiro atoms. The van der Waals surface area contributed by atoms with Crippen LogP contribution >= 0.6 is 0 Å². The van der Waals surface area contributed by atoms with Crippen molar-refractivity contribution in [2.75, 3.05) is 0 Å². The second-order valence-electron chi connectivity index (χ2n) is 9.09. The lowest BCUT2D eigenvalue weighted by atomic mass is 9.93. The summed E-state index contributed by atoms with van der Waals surface area (Å²) in [7, 11) is 0. The van der Waals surface area contributed by atoms with Crippen molar-refractivity contribution < 1.29 is 0 Å². The summed E-state index contributed by atoms with van der Waals surface area (Å²) >= 11 is 0. The maximum atomic E-state index is 5.07. The monoisotopic (exact) mass is 458 g/mol. The van der Waals surface area contributed by atoms with Gasteiger partial charge in [-0.15, -0.1) is 0 Å². The highest BCUT2D eigenvalue weighted by Crippen LogP contribution is 2.37. The van der Waals surface area contributed by atoms with Gasteiger partial charge in [0.1, 0.15) is 0 Å². The molecule has 2 heterocycles. The Hall–Kier alpha value is -4.82. The maximum Gasteiger partial charge on any atom is 0.0722 e. The zero-order chi connectivity index (χ0) is 23.9. The van der Waals surface area contributed by atoms with Gasteiger partial charge in [-0.2, -0.15) is 0 Å². The first kappa shape index (κ1) is 20.5. The fourth-order valence-electron chi connectivity index (χ4n) is 5.17. The predicted molar refractivity (Wildman–Crippen MR) is 151 cm³/mol. The lowest BCUT2D eigenvalue weighted by Crippen LogP contribution is -1.91. The molecule has 0 N–H and O–H groups in total. The summed E-state index contributed by atoms with van der Waals surface area (Å²) < 4.78 is 0. The number of pyridine rings is 2. The minimum atomic E-state index is 0.982. The molecule has 2 nitrogen and oxygen atoms in total. The third kappa shape index (κ3) is 3.43. The van der Waals surface area contributed by atoms with Gasteiger partial charge >= 0.3 is 0 Å². The molecule has 2 heteroatoms. The quantitative estimate of drug-likeness (QED) is 0.247. The molecule has 0 fully saturated rings. The third-order valence-corrected chi connectivity index (χ3v) is 6.94. The molecule has 0 aliphatic carbocycles. The van der Waals surface area contributed by atoms with Crippen molar-refractivity contribution in [1.82, 2.24) is 9.97 Å². The lowest BCUT2D eigenvalue weighted by molar-refractivity contribution is 1.36. The van der Waals surface area contributed by atoms with Gasteiger partial charge in [-0.05, 0) is 45.0 Å². The molecule has 2 aromatic heterocycles. The highest BCUT2D eigenvalue weighted by Gasteiger charge is 2.13. The van der Waals surface area contributed by atoms with Crippen LogP contribution < -0.4 is 0 Å². The molecule has 0 aliphatic heterocycles. The molecule has 0 aliphatic rings. The van der Waals surface area contributed by atoms with Gasteiger partial charge in [0, 0.05) is 34.3 Å². The molecule has 5 aromatic carbocycles. The molecule has 0 radical (unpaired) electrons. The Morgan fingerprint density at radius 3 is 1.92 bits per heavy atom. The van der Waals surface area contributed by atoms with E-state index < -0.39 is 0 Å². The summed E-state index contributed by atoms with van der Waals surface area (Å²) in [6.45, 7) is 0. The van der Waals surface area contributed by atoms with E-state index in [-0.39, 0.29) is 0 Å². The van der Waals surface area contributed by atoms with Crippen molar-refractivity contribution in [2.24, 2.45) is 0 Å². The minimum absolute atomic E-state index is 0.982. The molecule has 36 heavy (non-hydrogen) atoms. The van der Waals surface area contributed by atoms with Crippen molar-refractivity contribution in [3.05, 3.63) is 134 Å². The summed E-state index contributed by atoms with van der Waals surface area (Å²) in [5, 5.41) is 6.00. The molecule has 0 amide bonds. The second-order valence-corrected chi connectivity index (χ2v) is 9.09. The van der Waals surface area contributed by atoms with Crippen LogP contribution in [0.4, 0.5) is 0 Å². The van der Waals surface area contributed by atoms with Crippen molar-refractivity contribution >= 4 is 32.4 Å². The van der Waals surface area contributed by atoms with Gasteiger partial charge < -0.3 is 0 Å². The Balaban J connectivity index is 1.45. The molecular weight excluding hydrogens is 436 g/mol. The van der Waals surface area contributed by atoms with Crippen molar-refractivity contribution in [2.45, 2.75) is 0 Å². The van der Waals surface area contributed by atoms with Crippen LogP contribution in [0.3, 0.4) is 0 Å². The van der Waals surface area contributed by atoms with Gasteiger partial charge in [0.05, 0.1) is 11.2 Å². The van der Waals surface area contributed by atoms with Gasteiger partial charge in [0.2, 0.25) is 0 Å². The van der Waals surface area contributed by atoms with Gasteiger partial charge in [0.15, 0.2) is 0 Å². The van der Waals surface area contributed by atoms with Gasteiger partial charge in [0.25, 0.3) is 0 Å². The Kier molecular flexibility index (Phi) is 4.82. The van der Waals surface area contributed by atoms with E-state index in [4.69, 9.17) is 4.98 Å². The smallest absolute Gasteiger partial charge is 0.0722 e. The topological polar surface area (TPSA) is 25.8 Å². The van der Waals surface area contributed by atoms with Crippen molar-refractivity contribution in [3.63, 3.8) is 0 Å². The number of nitrogens with zero attached hydrogens (tertiary/aromatic N) is 2. The van der Waals surface area contributed by atoms with Crippen LogP contribution in [0.1, 0.15) is 0 Å². The summed E-state index contributed by atoms with van der Waals surface area (Å²) in [5.41, 5.74) is 7.78. The lowest BCUT2D eigenvalue weighted by Gasteiger charge is -2.14. The number of fused-ring (bicyclic) bond motifs is 4. The molecule has 0 unspecified atom stereocenters. The molecule has 0 saturated carbocycles. The highest BCUT2D eigenvalue weighted by molar-refractivity contribution is 6.14. The maximum absolute atomic E-state index is 5.07. The first-order chi connectivity index (χ1) is 17.8. The van der Waals surface area contributed by atoms with E-state index in [2.05, 4.69) is 120 Å². The number of hydrogen-bond donors (Lipinski definition) is 0. The highest BCUT2D eigenvalue weighted by atomic mass is 14.7. The molecule has 7 aromatic rings. The Labute approximate surface area is 209 Å². The van der Waals surface area contributed by atoms with Crippen LogP contribution in [0, 0.1) is 0 Å². The largest absolute Gasteiger partial charge is 0.263 e. The average molecular weight is 459 g/mol. The van der Waals surface area contributed by atoms with Gasteiger partial charge in [-0.25, -0.2) is 4.98 Å². The molecule has 7 rings (SSSR count). The van der Waals surface area contributed by atoms with Crippen LogP contribution in [-0.2, 0) is 0 Å². The Morgan fingerprint density at radius 1 is 0.444 bits per heavy atom. The molecule has 0 bridgehead atoms. The first-order valence-corrected chi connectivity index (χ1v) is 12.2. The minimum Gasteiger partial charge on any atom is -0.263 e. The number of rotatable bonds is 3. The molecular formula is C34H22N2. The number of hydrogen-bond acceptors (Lipinski definition) is 2. The third-order valence-electron chi connectivity index (χ3n) is 6.94. The fraction of sp³-hybridized carbons (Fsp3) is 0. The van der Waals surface area contributed by atoms with Crippen LogP contribution in [0.5, 0.6) is 0 Å². The first-order valence-electron chi connectivity index (χ1n) is 12.2. The zero-order valence-electron chi connectivity index (χ0n) is 19.6. The van der Waals surface area contributed by atoms with Crippen LogP contribution in [0.25, 0.3) is 66.0 Å². The molecule has 0 saturated heterocycles. The van der Waals surface area contributed by atoms with E-state index in [0.29, 0.717) is 0 Å². The van der Waals surface area contributed by atoms with Crippen LogP contribution in [-0.4, -0.2) is 9.97 Å². The van der Waals surface area contributed by atoms with Gasteiger partial charge in [-0.3, -0.25) is 4.98 Å². The van der Waals surface area contributed by atoms with E-state index >= 15 is 0 Å². The van der Waals surface area contributed by atoms with Crippen LogP contribution in [0.15, 0.2) is 134 Å². The standard InChI is InChI=1S/C34H22N2/c1-2-9-26(10-3-1)33-20-30(34-29-13-7-4-8-23(29)18-19-32(34)36-33)24-14-16-25(17-15-24)31-22-35-21-27-11-5-6-12-28(27)31/h1-22H. The summed E-state index contributed by atoms with van der Waals surface area (Å²) in [6, 6.07) is 42.8. The fourth-order valence-corrected chi connectivity index (χ4v) is 5.17. The number of aromatic nitrogens is 2. The SMILES string of the molecule is c1ccc(-c2cc(-c3ccc(-c4cncc5ccccc45)cc3)c3c(ccc4ccccc43)n2)cc1. The van der Waals surface area contributed by atoms with E-state index in [9.17, 15) is 0 Å². The van der Waals surface area contributed by atoms with E-state index in [1.54, 1.807) is 0 Å². The summed E-state index contributed by atoms with van der Waals surface area (Å²) in [4.78, 5) is 9.55. The van der Waals surface area contributed by atoms with E-state index in [0.717, 1.165) is 33.3 Å². The Morgan fingerprint density at radius 2 is 1.11 bits per heavy atom. The average Bonchev–Trinajstić information content (AvgIpc) is 2.97. The predicted octanol–water partition coefficient (Wildman–Crippen LogP) is 8.94. The normalized spacial score (nSPS) is 11.3. The van der Waals surface area contributed by atoms with E-state index in [1.807, 2.05) is 18.5 Å². The summed E-state index contributed by atoms with van der Waals surface area (Å²) in [5.74, 6) is 0. The molecule has 0 atom stereocenters.